The lowest BCUT2D eigenvalue weighted by Gasteiger charge is -2.14. The van der Waals surface area contributed by atoms with E-state index in [9.17, 15) is 10.0 Å². The second-order valence-corrected chi connectivity index (χ2v) is 7.66. The van der Waals surface area contributed by atoms with Gasteiger partial charge in [0.2, 0.25) is 0 Å². The van der Waals surface area contributed by atoms with Crippen LogP contribution in [0.1, 0.15) is 73.9 Å². The molecule has 4 nitrogen and oxygen atoms in total. The fraction of sp³-hybridized carbons (Fsp3) is 0.542. The smallest absolute Gasteiger partial charge is 0.188 e. The molecule has 0 saturated carbocycles. The van der Waals surface area contributed by atoms with Gasteiger partial charge in [0.15, 0.2) is 5.43 Å². The van der Waals surface area contributed by atoms with Gasteiger partial charge in [0, 0.05) is 11.1 Å². The van der Waals surface area contributed by atoms with E-state index in [1.165, 1.54) is 32.1 Å². The Labute approximate surface area is 169 Å². The third-order valence-corrected chi connectivity index (χ3v) is 5.56. The maximum absolute atomic E-state index is 12.4. The molecule has 1 aromatic carbocycles. The highest BCUT2D eigenvalue weighted by molar-refractivity contribution is 5.30. The standard InChI is InChI=1S/C24H35NO3/c1-19-20(2)25(27)21(3)23(24(19)26)17-13-8-6-4-5-7-9-14-18-28-22-15-11-10-12-16-22/h10-12,15-16,27H,4-9,13-14,17-18H2,1-3H3. The van der Waals surface area contributed by atoms with E-state index in [1.54, 1.807) is 13.8 Å². The fourth-order valence-electron chi connectivity index (χ4n) is 3.56. The van der Waals surface area contributed by atoms with E-state index in [2.05, 4.69) is 0 Å². The Balaban J connectivity index is 1.53. The van der Waals surface area contributed by atoms with Gasteiger partial charge in [-0.3, -0.25) is 4.79 Å². The van der Waals surface area contributed by atoms with Crippen LogP contribution >= 0.6 is 0 Å². The van der Waals surface area contributed by atoms with Gasteiger partial charge in [0.25, 0.3) is 0 Å². The Morgan fingerprint density at radius 2 is 1.39 bits per heavy atom. The summed E-state index contributed by atoms with van der Waals surface area (Å²) in [5, 5.41) is 10.1. The van der Waals surface area contributed by atoms with Gasteiger partial charge in [-0.25, -0.2) is 0 Å². The minimum Gasteiger partial charge on any atom is -0.494 e. The van der Waals surface area contributed by atoms with Crippen molar-refractivity contribution in [3.8, 4) is 5.75 Å². The molecule has 0 bridgehead atoms. The molecule has 0 fully saturated rings. The average molecular weight is 386 g/mol. The molecule has 1 heterocycles. The lowest BCUT2D eigenvalue weighted by atomic mass is 10.0. The number of ether oxygens (including phenoxy) is 1. The van der Waals surface area contributed by atoms with E-state index in [1.807, 2.05) is 37.3 Å². The number of para-hydroxylation sites is 1. The number of hydrogen-bond acceptors (Lipinski definition) is 3. The number of unbranched alkanes of at least 4 members (excludes halogenated alkanes) is 7. The van der Waals surface area contributed by atoms with Crippen molar-refractivity contribution < 1.29 is 9.94 Å². The largest absolute Gasteiger partial charge is 0.494 e. The molecule has 0 spiro atoms. The molecule has 1 N–H and O–H groups in total. The molecule has 0 amide bonds. The molecule has 0 radical (unpaired) electrons. The molecular formula is C24H35NO3. The number of nitrogens with zero attached hydrogens (tertiary/aromatic N) is 1. The first-order valence-electron chi connectivity index (χ1n) is 10.6. The molecule has 0 atom stereocenters. The summed E-state index contributed by atoms with van der Waals surface area (Å²) in [6.45, 7) is 6.19. The lowest BCUT2D eigenvalue weighted by molar-refractivity contribution is 0.169. The first-order chi connectivity index (χ1) is 13.5. The highest BCUT2D eigenvalue weighted by atomic mass is 16.5. The molecule has 0 aliphatic heterocycles. The molecule has 0 aliphatic rings. The second kappa shape index (κ2) is 11.6. The lowest BCUT2D eigenvalue weighted by Crippen LogP contribution is -2.22. The normalized spacial score (nSPS) is 11.0. The van der Waals surface area contributed by atoms with E-state index in [0.717, 1.165) is 48.3 Å². The van der Waals surface area contributed by atoms with Gasteiger partial charge >= 0.3 is 0 Å². The Hall–Kier alpha value is -2.23. The quantitative estimate of drug-likeness (QED) is 0.374. The summed E-state index contributed by atoms with van der Waals surface area (Å²) in [6, 6.07) is 9.98. The Bertz CT molecular complexity index is 781. The number of rotatable bonds is 12. The predicted molar refractivity (Wildman–Crippen MR) is 115 cm³/mol. The van der Waals surface area contributed by atoms with Gasteiger partial charge < -0.3 is 9.94 Å². The molecule has 0 unspecified atom stereocenters. The van der Waals surface area contributed by atoms with Crippen LogP contribution in [-0.2, 0) is 6.42 Å². The van der Waals surface area contributed by atoms with Crippen molar-refractivity contribution in [1.29, 1.82) is 0 Å². The van der Waals surface area contributed by atoms with Gasteiger partial charge in [0.05, 0.1) is 18.0 Å². The van der Waals surface area contributed by atoms with Crippen molar-refractivity contribution in [2.45, 2.75) is 78.6 Å². The predicted octanol–water partition coefficient (Wildman–Crippen LogP) is 5.75. The third-order valence-electron chi connectivity index (χ3n) is 5.56. The first kappa shape index (κ1) is 22.1. The molecule has 0 saturated heterocycles. The van der Waals surface area contributed by atoms with E-state index < -0.39 is 0 Å². The summed E-state index contributed by atoms with van der Waals surface area (Å²) >= 11 is 0. The summed E-state index contributed by atoms with van der Waals surface area (Å²) in [5.41, 5.74) is 2.84. The Morgan fingerprint density at radius 3 is 2.04 bits per heavy atom. The zero-order valence-electron chi connectivity index (χ0n) is 17.7. The van der Waals surface area contributed by atoms with Crippen LogP contribution in [0.4, 0.5) is 0 Å². The van der Waals surface area contributed by atoms with Crippen LogP contribution in [0.2, 0.25) is 0 Å². The summed E-state index contributed by atoms with van der Waals surface area (Å²) < 4.78 is 6.87. The minimum atomic E-state index is 0.0954. The SMILES string of the molecule is Cc1c(C)n(O)c(C)c(CCCCCCCCCCOc2ccccc2)c1=O. The summed E-state index contributed by atoms with van der Waals surface area (Å²) in [7, 11) is 0. The van der Waals surface area contributed by atoms with Crippen LogP contribution in [-0.4, -0.2) is 16.5 Å². The first-order valence-corrected chi connectivity index (χ1v) is 10.6. The van der Waals surface area contributed by atoms with Crippen molar-refractivity contribution >= 4 is 0 Å². The molecule has 2 rings (SSSR count). The van der Waals surface area contributed by atoms with Crippen LogP contribution in [0.5, 0.6) is 5.75 Å². The Kier molecular flexibility index (Phi) is 9.12. The van der Waals surface area contributed by atoms with Crippen LogP contribution < -0.4 is 10.2 Å². The van der Waals surface area contributed by atoms with E-state index in [4.69, 9.17) is 4.74 Å². The van der Waals surface area contributed by atoms with E-state index >= 15 is 0 Å². The number of pyridine rings is 1. The zero-order valence-corrected chi connectivity index (χ0v) is 17.7. The number of hydrogen-bond donors (Lipinski definition) is 1. The molecule has 0 aliphatic carbocycles. The zero-order chi connectivity index (χ0) is 20.4. The second-order valence-electron chi connectivity index (χ2n) is 7.66. The summed E-state index contributed by atoms with van der Waals surface area (Å²) in [5.74, 6) is 0.953. The van der Waals surface area contributed by atoms with Gasteiger partial charge in [-0.1, -0.05) is 56.7 Å². The Morgan fingerprint density at radius 1 is 0.821 bits per heavy atom. The summed E-state index contributed by atoms with van der Waals surface area (Å²) in [4.78, 5) is 12.4. The van der Waals surface area contributed by atoms with Crippen LogP contribution in [0.3, 0.4) is 0 Å². The van der Waals surface area contributed by atoms with Gasteiger partial charge in [0.1, 0.15) is 5.75 Å². The molecule has 28 heavy (non-hydrogen) atoms. The van der Waals surface area contributed by atoms with Crippen LogP contribution in [0, 0.1) is 20.8 Å². The highest BCUT2D eigenvalue weighted by Gasteiger charge is 2.13. The highest BCUT2D eigenvalue weighted by Crippen LogP contribution is 2.15. The van der Waals surface area contributed by atoms with Gasteiger partial charge in [-0.05, 0) is 52.2 Å². The maximum Gasteiger partial charge on any atom is 0.188 e. The minimum absolute atomic E-state index is 0.0954. The number of aromatic nitrogens is 1. The number of benzene rings is 1. The van der Waals surface area contributed by atoms with Gasteiger partial charge in [-0.2, -0.15) is 4.73 Å². The summed E-state index contributed by atoms with van der Waals surface area (Å²) in [6.07, 6.45) is 10.2. The molecule has 4 heteroatoms. The van der Waals surface area contributed by atoms with Crippen LogP contribution in [0.25, 0.3) is 0 Å². The molecule has 1 aromatic heterocycles. The van der Waals surface area contributed by atoms with E-state index in [-0.39, 0.29) is 5.43 Å². The maximum atomic E-state index is 12.4. The monoisotopic (exact) mass is 385 g/mol. The topological polar surface area (TPSA) is 51.5 Å². The van der Waals surface area contributed by atoms with Crippen LogP contribution in [0.15, 0.2) is 35.1 Å². The van der Waals surface area contributed by atoms with E-state index in [0.29, 0.717) is 17.0 Å². The third kappa shape index (κ3) is 6.43. The van der Waals surface area contributed by atoms with Crippen molar-refractivity contribution in [2.75, 3.05) is 6.61 Å². The molecule has 2 aromatic rings. The fourth-order valence-corrected chi connectivity index (χ4v) is 3.56. The van der Waals surface area contributed by atoms with Crippen molar-refractivity contribution in [3.63, 3.8) is 0 Å². The average Bonchev–Trinajstić information content (AvgIpc) is 2.72. The molecule has 154 valence electrons. The van der Waals surface area contributed by atoms with Crippen molar-refractivity contribution in [2.24, 2.45) is 0 Å². The van der Waals surface area contributed by atoms with Crippen molar-refractivity contribution in [1.82, 2.24) is 4.73 Å². The molecular weight excluding hydrogens is 350 g/mol. The van der Waals surface area contributed by atoms with Crippen molar-refractivity contribution in [3.05, 3.63) is 63.1 Å². The van der Waals surface area contributed by atoms with Gasteiger partial charge in [-0.15, -0.1) is 0 Å².